The Morgan fingerprint density at radius 2 is 1.76 bits per heavy atom. The molecule has 0 unspecified atom stereocenters. The van der Waals surface area contributed by atoms with Crippen LogP contribution in [0.2, 0.25) is 0 Å². The van der Waals surface area contributed by atoms with Gasteiger partial charge in [0.15, 0.2) is 0 Å². The number of aromatic nitrogens is 3. The number of aryl methyl sites for hydroxylation is 3. The van der Waals surface area contributed by atoms with E-state index in [0.29, 0.717) is 17.7 Å². The van der Waals surface area contributed by atoms with Gasteiger partial charge in [-0.1, -0.05) is 18.2 Å². The minimum absolute atomic E-state index is 0.166. The van der Waals surface area contributed by atoms with Gasteiger partial charge in [-0.25, -0.2) is 8.42 Å². The van der Waals surface area contributed by atoms with Gasteiger partial charge < -0.3 is 14.1 Å². The highest BCUT2D eigenvalue weighted by Gasteiger charge is 2.17. The van der Waals surface area contributed by atoms with E-state index in [4.69, 9.17) is 0 Å². The second-order valence-corrected chi connectivity index (χ2v) is 10.6. The number of sulfonamides is 1. The number of anilines is 1. The minimum atomic E-state index is -3.49. The van der Waals surface area contributed by atoms with E-state index in [1.54, 1.807) is 10.8 Å². The molecule has 0 saturated heterocycles. The predicted molar refractivity (Wildman–Crippen MR) is 138 cm³/mol. The highest BCUT2D eigenvalue weighted by Crippen LogP contribution is 2.36. The molecule has 0 bridgehead atoms. The standard InChI is InChI=1S/C26H26N4O3S/c1-16-6-5-7-17(2)21(16)15-30-11-9-20-23(28-34(4,32)33)12-18(13-24(20)30)22-14-29(3)25-19(22)8-10-27-26(25)31/h5-14,28H,15H2,1-4H3,(H,27,31). The predicted octanol–water partition coefficient (Wildman–Crippen LogP) is 4.52. The molecule has 0 aliphatic rings. The molecule has 3 aromatic heterocycles. The van der Waals surface area contributed by atoms with E-state index in [1.807, 2.05) is 37.6 Å². The number of hydrogen-bond acceptors (Lipinski definition) is 3. The van der Waals surface area contributed by atoms with Gasteiger partial charge >= 0.3 is 0 Å². The first-order valence-corrected chi connectivity index (χ1v) is 12.8. The van der Waals surface area contributed by atoms with E-state index in [-0.39, 0.29) is 5.56 Å². The molecule has 0 aliphatic carbocycles. The largest absolute Gasteiger partial charge is 0.345 e. The molecule has 0 fully saturated rings. The Bertz CT molecular complexity index is 1720. The molecule has 8 heteroatoms. The summed E-state index contributed by atoms with van der Waals surface area (Å²) in [5.74, 6) is 0. The van der Waals surface area contributed by atoms with Crippen LogP contribution in [-0.2, 0) is 23.6 Å². The van der Waals surface area contributed by atoms with Crippen molar-refractivity contribution in [2.24, 2.45) is 7.05 Å². The van der Waals surface area contributed by atoms with Crippen molar-refractivity contribution in [3.05, 3.63) is 88.1 Å². The van der Waals surface area contributed by atoms with Crippen molar-refractivity contribution in [3.63, 3.8) is 0 Å². The summed E-state index contributed by atoms with van der Waals surface area (Å²) < 4.78 is 31.0. The summed E-state index contributed by atoms with van der Waals surface area (Å²) in [4.78, 5) is 15.1. The van der Waals surface area contributed by atoms with Crippen LogP contribution in [-0.4, -0.2) is 28.8 Å². The summed E-state index contributed by atoms with van der Waals surface area (Å²) in [6.07, 6.45) is 6.67. The number of pyridine rings is 1. The van der Waals surface area contributed by atoms with Gasteiger partial charge in [0.25, 0.3) is 5.56 Å². The lowest BCUT2D eigenvalue weighted by molar-refractivity contribution is 0.607. The molecule has 5 aromatic rings. The number of hydrogen-bond donors (Lipinski definition) is 2. The van der Waals surface area contributed by atoms with Gasteiger partial charge in [0.2, 0.25) is 10.0 Å². The van der Waals surface area contributed by atoms with Gasteiger partial charge in [-0.2, -0.15) is 0 Å². The van der Waals surface area contributed by atoms with Crippen molar-refractivity contribution in [2.75, 3.05) is 11.0 Å². The lowest BCUT2D eigenvalue weighted by Crippen LogP contribution is -2.10. The third-order valence-electron chi connectivity index (χ3n) is 6.37. The SMILES string of the molecule is Cc1cccc(C)c1Cn1ccc2c(NS(C)(=O)=O)cc(-c3cn(C)c4c(=O)[nH]ccc34)cc21. The fourth-order valence-electron chi connectivity index (χ4n) is 4.74. The van der Waals surface area contributed by atoms with E-state index in [2.05, 4.69) is 52.4 Å². The fourth-order valence-corrected chi connectivity index (χ4v) is 5.31. The lowest BCUT2D eigenvalue weighted by atomic mass is 10.0. The molecule has 5 rings (SSSR count). The van der Waals surface area contributed by atoms with Crippen molar-refractivity contribution in [3.8, 4) is 11.1 Å². The Kier molecular flexibility index (Phi) is 5.13. The fraction of sp³-hybridized carbons (Fsp3) is 0.192. The molecule has 2 N–H and O–H groups in total. The second-order valence-electron chi connectivity index (χ2n) is 8.87. The third-order valence-corrected chi connectivity index (χ3v) is 6.96. The summed E-state index contributed by atoms with van der Waals surface area (Å²) in [6, 6.07) is 14.0. The van der Waals surface area contributed by atoms with Gasteiger partial charge in [0.05, 0.1) is 17.5 Å². The summed E-state index contributed by atoms with van der Waals surface area (Å²) in [7, 11) is -1.66. The Morgan fingerprint density at radius 1 is 1.03 bits per heavy atom. The van der Waals surface area contributed by atoms with Crippen molar-refractivity contribution in [1.82, 2.24) is 14.1 Å². The molecular formula is C26H26N4O3S. The molecule has 0 spiro atoms. The average Bonchev–Trinajstić information content (AvgIpc) is 3.31. The van der Waals surface area contributed by atoms with Crippen molar-refractivity contribution in [1.29, 1.82) is 0 Å². The van der Waals surface area contributed by atoms with Gasteiger partial charge in [-0.15, -0.1) is 0 Å². The molecule has 0 atom stereocenters. The molecule has 0 amide bonds. The van der Waals surface area contributed by atoms with Crippen LogP contribution in [0.15, 0.2) is 65.8 Å². The molecule has 7 nitrogen and oxygen atoms in total. The van der Waals surface area contributed by atoms with Crippen LogP contribution in [0, 0.1) is 13.8 Å². The quantitative estimate of drug-likeness (QED) is 0.392. The highest BCUT2D eigenvalue weighted by molar-refractivity contribution is 7.92. The number of fused-ring (bicyclic) bond motifs is 2. The Hall–Kier alpha value is -3.78. The Labute approximate surface area is 197 Å². The number of aromatic amines is 1. The van der Waals surface area contributed by atoms with Gasteiger partial charge in [-0.05, 0) is 60.4 Å². The zero-order chi connectivity index (χ0) is 24.2. The van der Waals surface area contributed by atoms with E-state index in [1.165, 1.54) is 16.7 Å². The third kappa shape index (κ3) is 3.80. The van der Waals surface area contributed by atoms with Crippen molar-refractivity contribution >= 4 is 37.5 Å². The van der Waals surface area contributed by atoms with Crippen LogP contribution in [0.5, 0.6) is 0 Å². The van der Waals surface area contributed by atoms with Crippen LogP contribution in [0.1, 0.15) is 16.7 Å². The second kappa shape index (κ2) is 7.92. The minimum Gasteiger partial charge on any atom is -0.345 e. The van der Waals surface area contributed by atoms with E-state index in [0.717, 1.165) is 33.7 Å². The van der Waals surface area contributed by atoms with Crippen LogP contribution in [0.4, 0.5) is 5.69 Å². The number of benzene rings is 2. The maximum atomic E-state index is 12.4. The number of rotatable bonds is 5. The van der Waals surface area contributed by atoms with Crippen molar-refractivity contribution < 1.29 is 8.42 Å². The van der Waals surface area contributed by atoms with Crippen molar-refractivity contribution in [2.45, 2.75) is 20.4 Å². The average molecular weight is 475 g/mol. The molecule has 2 aromatic carbocycles. The monoisotopic (exact) mass is 474 g/mol. The molecule has 174 valence electrons. The lowest BCUT2D eigenvalue weighted by Gasteiger charge is -2.14. The maximum Gasteiger partial charge on any atom is 0.272 e. The summed E-state index contributed by atoms with van der Waals surface area (Å²) in [5, 5.41) is 1.63. The molecule has 0 radical (unpaired) electrons. The van der Waals surface area contributed by atoms with E-state index in [9.17, 15) is 13.2 Å². The highest BCUT2D eigenvalue weighted by atomic mass is 32.2. The zero-order valence-electron chi connectivity index (χ0n) is 19.5. The molecule has 0 aliphatic heterocycles. The zero-order valence-corrected chi connectivity index (χ0v) is 20.3. The molecule has 34 heavy (non-hydrogen) atoms. The number of nitrogens with zero attached hydrogens (tertiary/aromatic N) is 2. The van der Waals surface area contributed by atoms with Gasteiger partial charge in [0.1, 0.15) is 5.52 Å². The van der Waals surface area contributed by atoms with Crippen LogP contribution >= 0.6 is 0 Å². The van der Waals surface area contributed by atoms with Gasteiger partial charge in [-0.3, -0.25) is 9.52 Å². The Morgan fingerprint density at radius 3 is 2.47 bits per heavy atom. The van der Waals surface area contributed by atoms with E-state index < -0.39 is 10.0 Å². The molecule has 0 saturated carbocycles. The van der Waals surface area contributed by atoms with Crippen LogP contribution < -0.4 is 10.3 Å². The normalized spacial score (nSPS) is 12.0. The summed E-state index contributed by atoms with van der Waals surface area (Å²) in [6.45, 7) is 4.87. The van der Waals surface area contributed by atoms with Crippen LogP contribution in [0.3, 0.4) is 0 Å². The Balaban J connectivity index is 1.76. The van der Waals surface area contributed by atoms with E-state index >= 15 is 0 Å². The first-order chi connectivity index (χ1) is 16.1. The van der Waals surface area contributed by atoms with Gasteiger partial charge in [0, 0.05) is 48.5 Å². The number of H-pyrrole nitrogens is 1. The smallest absolute Gasteiger partial charge is 0.272 e. The topological polar surface area (TPSA) is 88.9 Å². The number of nitrogens with one attached hydrogen (secondary N) is 2. The van der Waals surface area contributed by atoms with Crippen LogP contribution in [0.25, 0.3) is 32.9 Å². The molecular weight excluding hydrogens is 448 g/mol. The first kappa shape index (κ1) is 22.0. The summed E-state index contributed by atoms with van der Waals surface area (Å²) in [5.41, 5.74) is 7.17. The first-order valence-electron chi connectivity index (χ1n) is 11.0. The summed E-state index contributed by atoms with van der Waals surface area (Å²) >= 11 is 0. The molecule has 3 heterocycles. The maximum absolute atomic E-state index is 12.4.